The van der Waals surface area contributed by atoms with Crippen molar-refractivity contribution >= 4 is 22.2 Å². The van der Waals surface area contributed by atoms with E-state index in [2.05, 4.69) is 16.0 Å². The number of pyridine rings is 1. The Balaban J connectivity index is 2.03. The Labute approximate surface area is 109 Å². The first-order valence-electron chi connectivity index (χ1n) is 5.76. The molecule has 0 aliphatic carbocycles. The second-order valence-electron chi connectivity index (χ2n) is 4.23. The molecule has 1 atom stereocenters. The lowest BCUT2D eigenvalue weighted by molar-refractivity contribution is 0.831. The van der Waals surface area contributed by atoms with Crippen molar-refractivity contribution in [1.29, 1.82) is 0 Å². The van der Waals surface area contributed by atoms with Gasteiger partial charge in [0.1, 0.15) is 0 Å². The van der Waals surface area contributed by atoms with Crippen molar-refractivity contribution in [3.63, 3.8) is 0 Å². The average Bonchev–Trinajstić information content (AvgIpc) is 2.84. The van der Waals surface area contributed by atoms with E-state index >= 15 is 0 Å². The van der Waals surface area contributed by atoms with E-state index in [1.165, 1.54) is 0 Å². The zero-order chi connectivity index (χ0) is 12.5. The second-order valence-corrected chi connectivity index (χ2v) is 5.29. The van der Waals surface area contributed by atoms with Gasteiger partial charge < -0.3 is 5.73 Å². The van der Waals surface area contributed by atoms with Crippen LogP contribution in [0.2, 0.25) is 0 Å². The third-order valence-corrected chi connectivity index (χ3v) is 3.72. The summed E-state index contributed by atoms with van der Waals surface area (Å²) in [6.45, 7) is 1.99. The molecule has 0 amide bonds. The third kappa shape index (κ3) is 2.00. The van der Waals surface area contributed by atoms with Crippen molar-refractivity contribution < 1.29 is 0 Å². The maximum Gasteiger partial charge on any atom is 0.0898 e. The predicted octanol–water partition coefficient (Wildman–Crippen LogP) is 3.05. The van der Waals surface area contributed by atoms with E-state index < -0.39 is 0 Å². The van der Waals surface area contributed by atoms with Crippen LogP contribution in [0.25, 0.3) is 10.9 Å². The molecule has 1 aromatic carbocycles. The average molecular weight is 255 g/mol. The maximum absolute atomic E-state index is 6.22. The zero-order valence-electron chi connectivity index (χ0n) is 10.00. The minimum absolute atomic E-state index is 0.202. The molecule has 2 N–H and O–H groups in total. The van der Waals surface area contributed by atoms with Gasteiger partial charge in [-0.05, 0) is 24.6 Å². The smallest absolute Gasteiger partial charge is 0.0898 e. The first-order chi connectivity index (χ1) is 8.74. The largest absolute Gasteiger partial charge is 0.319 e. The summed E-state index contributed by atoms with van der Waals surface area (Å²) in [5.41, 5.74) is 9.12. The summed E-state index contributed by atoms with van der Waals surface area (Å²) < 4.78 is 0. The summed E-state index contributed by atoms with van der Waals surface area (Å²) in [6, 6.07) is 9.92. The van der Waals surface area contributed by atoms with Crippen LogP contribution in [0.15, 0.2) is 41.9 Å². The van der Waals surface area contributed by atoms with E-state index in [0.29, 0.717) is 0 Å². The van der Waals surface area contributed by atoms with Gasteiger partial charge in [0, 0.05) is 17.0 Å². The molecule has 3 rings (SSSR count). The Kier molecular flexibility index (Phi) is 2.81. The monoisotopic (exact) mass is 255 g/mol. The van der Waals surface area contributed by atoms with Gasteiger partial charge >= 0.3 is 0 Å². The van der Waals surface area contributed by atoms with Gasteiger partial charge in [-0.3, -0.25) is 4.98 Å². The molecule has 2 aromatic heterocycles. The van der Waals surface area contributed by atoms with Gasteiger partial charge in [-0.25, -0.2) is 4.98 Å². The first-order valence-corrected chi connectivity index (χ1v) is 6.64. The van der Waals surface area contributed by atoms with Crippen molar-refractivity contribution in [1.82, 2.24) is 9.97 Å². The van der Waals surface area contributed by atoms with E-state index in [1.807, 2.05) is 42.8 Å². The van der Waals surface area contributed by atoms with E-state index in [9.17, 15) is 0 Å². The first kappa shape index (κ1) is 11.3. The summed E-state index contributed by atoms with van der Waals surface area (Å²) in [5.74, 6) is 0. The van der Waals surface area contributed by atoms with Crippen LogP contribution >= 0.6 is 11.3 Å². The molecule has 0 saturated heterocycles. The Hall–Kier alpha value is -1.78. The number of nitrogens with zero attached hydrogens (tertiary/aromatic N) is 2. The van der Waals surface area contributed by atoms with Crippen molar-refractivity contribution in [2.24, 2.45) is 5.73 Å². The molecule has 0 spiro atoms. The van der Waals surface area contributed by atoms with Gasteiger partial charge in [0.15, 0.2) is 0 Å². The van der Waals surface area contributed by atoms with Crippen LogP contribution in [-0.4, -0.2) is 9.97 Å². The van der Waals surface area contributed by atoms with Crippen LogP contribution in [-0.2, 0) is 0 Å². The third-order valence-electron chi connectivity index (χ3n) is 2.93. The molecule has 3 nitrogen and oxygen atoms in total. The minimum Gasteiger partial charge on any atom is -0.319 e. The topological polar surface area (TPSA) is 51.8 Å². The number of fused-ring (bicyclic) bond motifs is 1. The van der Waals surface area contributed by atoms with Gasteiger partial charge in [-0.2, -0.15) is 0 Å². The molecular formula is C14H13N3S. The summed E-state index contributed by atoms with van der Waals surface area (Å²) >= 11 is 1.62. The molecular weight excluding hydrogens is 242 g/mol. The van der Waals surface area contributed by atoms with E-state index in [0.717, 1.165) is 27.2 Å². The van der Waals surface area contributed by atoms with E-state index in [1.54, 1.807) is 11.3 Å². The molecule has 3 aromatic rings. The highest BCUT2D eigenvalue weighted by Gasteiger charge is 2.12. The fraction of sp³-hybridized carbons (Fsp3) is 0.143. The quantitative estimate of drug-likeness (QED) is 0.765. The molecule has 4 heteroatoms. The normalized spacial score (nSPS) is 12.8. The molecule has 2 heterocycles. The highest BCUT2D eigenvalue weighted by Crippen LogP contribution is 2.23. The Bertz CT molecular complexity index is 690. The number of thiazole rings is 1. The van der Waals surface area contributed by atoms with Crippen LogP contribution in [0.3, 0.4) is 0 Å². The van der Waals surface area contributed by atoms with Crippen LogP contribution in [0, 0.1) is 6.92 Å². The van der Waals surface area contributed by atoms with Crippen molar-refractivity contribution in [2.45, 2.75) is 13.0 Å². The molecule has 0 aliphatic rings. The van der Waals surface area contributed by atoms with Crippen molar-refractivity contribution in [3.05, 3.63) is 58.2 Å². The van der Waals surface area contributed by atoms with Crippen molar-refractivity contribution in [3.8, 4) is 0 Å². The maximum atomic E-state index is 6.22. The number of nitrogens with two attached hydrogens (primary N) is 1. The zero-order valence-corrected chi connectivity index (χ0v) is 10.8. The van der Waals surface area contributed by atoms with E-state index in [-0.39, 0.29) is 6.04 Å². The lowest BCUT2D eigenvalue weighted by Crippen LogP contribution is -2.12. The molecule has 1 unspecified atom stereocenters. The Morgan fingerprint density at radius 2 is 2.11 bits per heavy atom. The van der Waals surface area contributed by atoms with Crippen LogP contribution in [0.1, 0.15) is 22.3 Å². The number of aromatic nitrogens is 2. The molecule has 0 aliphatic heterocycles. The number of para-hydroxylation sites is 1. The lowest BCUT2D eigenvalue weighted by atomic mass is 10.1. The number of benzene rings is 1. The summed E-state index contributed by atoms with van der Waals surface area (Å²) in [5, 5.41) is 4.15. The molecule has 0 bridgehead atoms. The van der Waals surface area contributed by atoms with Gasteiger partial charge in [-0.15, -0.1) is 11.3 Å². The standard InChI is InChI=1S/C14H13N3S/c1-9-17-13(8-18-9)14(15)11-6-10-4-2-3-5-12(10)16-7-11/h2-8,14H,15H2,1H3. The van der Waals surface area contributed by atoms with Crippen LogP contribution in [0.5, 0.6) is 0 Å². The summed E-state index contributed by atoms with van der Waals surface area (Å²) in [7, 11) is 0. The summed E-state index contributed by atoms with van der Waals surface area (Å²) in [6.07, 6.45) is 1.84. The predicted molar refractivity (Wildman–Crippen MR) is 74.6 cm³/mol. The van der Waals surface area contributed by atoms with Gasteiger partial charge in [0.2, 0.25) is 0 Å². The van der Waals surface area contributed by atoms with Gasteiger partial charge in [0.25, 0.3) is 0 Å². The van der Waals surface area contributed by atoms with Crippen molar-refractivity contribution in [2.75, 3.05) is 0 Å². The Morgan fingerprint density at radius 3 is 2.89 bits per heavy atom. The SMILES string of the molecule is Cc1nc(C(N)c2cnc3ccccc3c2)cs1. The molecule has 0 radical (unpaired) electrons. The van der Waals surface area contributed by atoms with Crippen LogP contribution < -0.4 is 5.73 Å². The Morgan fingerprint density at radius 1 is 1.28 bits per heavy atom. The highest BCUT2D eigenvalue weighted by molar-refractivity contribution is 7.09. The number of aryl methyl sites for hydroxylation is 1. The van der Waals surface area contributed by atoms with Gasteiger partial charge in [0.05, 0.1) is 22.3 Å². The van der Waals surface area contributed by atoms with E-state index in [4.69, 9.17) is 5.73 Å². The van der Waals surface area contributed by atoms with Crippen LogP contribution in [0.4, 0.5) is 0 Å². The number of hydrogen-bond donors (Lipinski definition) is 1. The van der Waals surface area contributed by atoms with Gasteiger partial charge in [-0.1, -0.05) is 18.2 Å². The minimum atomic E-state index is -0.202. The summed E-state index contributed by atoms with van der Waals surface area (Å²) in [4.78, 5) is 8.86. The molecule has 18 heavy (non-hydrogen) atoms. The fourth-order valence-electron chi connectivity index (χ4n) is 1.95. The second kappa shape index (κ2) is 4.48. The number of hydrogen-bond acceptors (Lipinski definition) is 4. The fourth-order valence-corrected chi connectivity index (χ4v) is 2.60. The molecule has 90 valence electrons. The lowest BCUT2D eigenvalue weighted by Gasteiger charge is -2.09. The highest BCUT2D eigenvalue weighted by atomic mass is 32.1. The molecule has 0 saturated carbocycles. The number of rotatable bonds is 2. The molecule has 0 fully saturated rings.